The van der Waals surface area contributed by atoms with Crippen LogP contribution in [0.25, 0.3) is 10.8 Å². The van der Waals surface area contributed by atoms with Crippen LogP contribution < -0.4 is 10.3 Å². The lowest BCUT2D eigenvalue weighted by Crippen LogP contribution is -2.46. The normalized spacial score (nSPS) is 22.7. The van der Waals surface area contributed by atoms with Crippen molar-refractivity contribution in [2.45, 2.75) is 56.7 Å². The lowest BCUT2D eigenvalue weighted by molar-refractivity contribution is 0.0488. The van der Waals surface area contributed by atoms with E-state index in [9.17, 15) is 9.18 Å². The van der Waals surface area contributed by atoms with Crippen LogP contribution in [-0.4, -0.2) is 34.6 Å². The maximum atomic E-state index is 13.9. The second-order valence-electron chi connectivity index (χ2n) is 8.90. The molecule has 2 saturated heterocycles. The fraction of sp³-hybridized carbons (Fsp3) is 0.385. The smallest absolute Gasteiger partial charge is 0.258 e. The first-order valence-electron chi connectivity index (χ1n) is 11.3. The summed E-state index contributed by atoms with van der Waals surface area (Å²) in [5.74, 6) is 0.358. The second kappa shape index (κ2) is 8.76. The fourth-order valence-electron chi connectivity index (χ4n) is 5.41. The third kappa shape index (κ3) is 4.13. The zero-order chi connectivity index (χ0) is 22.1. The third-order valence-electron chi connectivity index (χ3n) is 6.87. The number of nitrogens with one attached hydrogen (secondary N) is 1. The van der Waals surface area contributed by atoms with E-state index in [1.807, 2.05) is 18.2 Å². The van der Waals surface area contributed by atoms with Crippen molar-refractivity contribution in [3.8, 4) is 11.8 Å². The Morgan fingerprint density at radius 2 is 1.88 bits per heavy atom. The number of hydrogen-bond acceptors (Lipinski definition) is 4. The molecule has 2 fully saturated rings. The van der Waals surface area contributed by atoms with Crippen LogP contribution in [0.5, 0.6) is 5.75 Å². The number of fused-ring (bicyclic) bond motifs is 3. The molecule has 0 spiro atoms. The molecule has 0 radical (unpaired) electrons. The number of piperidine rings is 1. The van der Waals surface area contributed by atoms with Crippen LogP contribution in [0.3, 0.4) is 0 Å². The van der Waals surface area contributed by atoms with Crippen molar-refractivity contribution >= 4 is 10.8 Å². The van der Waals surface area contributed by atoms with Crippen molar-refractivity contribution < 1.29 is 9.13 Å². The van der Waals surface area contributed by atoms with Crippen LogP contribution in [0.15, 0.2) is 53.3 Å². The van der Waals surface area contributed by atoms with Crippen LogP contribution in [0.4, 0.5) is 4.39 Å². The minimum absolute atomic E-state index is 0.138. The van der Waals surface area contributed by atoms with Gasteiger partial charge in [-0.25, -0.2) is 4.39 Å². The summed E-state index contributed by atoms with van der Waals surface area (Å²) in [5.41, 5.74) is 1.15. The minimum atomic E-state index is -0.474. The van der Waals surface area contributed by atoms with Crippen molar-refractivity contribution in [1.82, 2.24) is 9.88 Å². The predicted molar refractivity (Wildman–Crippen MR) is 121 cm³/mol. The number of aromatic amines is 1. The van der Waals surface area contributed by atoms with E-state index in [0.717, 1.165) is 43.7 Å². The molecule has 5 nitrogen and oxygen atoms in total. The van der Waals surface area contributed by atoms with E-state index >= 15 is 0 Å². The Balaban J connectivity index is 1.17. The molecule has 2 atom stereocenters. The van der Waals surface area contributed by atoms with Gasteiger partial charge in [-0.05, 0) is 86.9 Å². The Bertz CT molecular complexity index is 1200. The summed E-state index contributed by atoms with van der Waals surface area (Å²) >= 11 is 0. The maximum Gasteiger partial charge on any atom is 0.258 e. The van der Waals surface area contributed by atoms with E-state index in [4.69, 9.17) is 10.00 Å². The zero-order valence-corrected chi connectivity index (χ0v) is 17.9. The molecule has 3 aromatic rings. The first-order chi connectivity index (χ1) is 15.6. The molecule has 2 aliphatic heterocycles. The molecule has 1 N–H and O–H groups in total. The molecule has 0 saturated carbocycles. The summed E-state index contributed by atoms with van der Waals surface area (Å²) in [6.45, 7) is 0.988. The van der Waals surface area contributed by atoms with Gasteiger partial charge < -0.3 is 9.72 Å². The molecule has 2 aromatic carbocycles. The van der Waals surface area contributed by atoms with Crippen LogP contribution >= 0.6 is 0 Å². The van der Waals surface area contributed by atoms with E-state index in [1.165, 1.54) is 18.9 Å². The lowest BCUT2D eigenvalue weighted by Gasteiger charge is -2.39. The Hall–Kier alpha value is -3.17. The SMILES string of the molecule is N#Cc1ccc(OC2CC3CCC(C2)N3CCCc2cc3cccc(F)c3c(=O)[nH]2)cc1. The molecule has 3 heterocycles. The van der Waals surface area contributed by atoms with Crippen LogP contribution in [0.1, 0.15) is 43.4 Å². The number of aryl methyl sites for hydroxylation is 1. The fourth-order valence-corrected chi connectivity index (χ4v) is 5.41. The highest BCUT2D eigenvalue weighted by Gasteiger charge is 2.41. The monoisotopic (exact) mass is 431 g/mol. The van der Waals surface area contributed by atoms with Crippen molar-refractivity contribution in [2.24, 2.45) is 0 Å². The predicted octanol–water partition coefficient (Wildman–Crippen LogP) is 4.55. The largest absolute Gasteiger partial charge is 0.490 e. The number of nitriles is 1. The highest BCUT2D eigenvalue weighted by atomic mass is 19.1. The lowest BCUT2D eigenvalue weighted by atomic mass is 9.99. The minimum Gasteiger partial charge on any atom is -0.490 e. The van der Waals surface area contributed by atoms with E-state index in [1.54, 1.807) is 24.3 Å². The van der Waals surface area contributed by atoms with Gasteiger partial charge in [-0.1, -0.05) is 12.1 Å². The van der Waals surface area contributed by atoms with E-state index < -0.39 is 5.82 Å². The van der Waals surface area contributed by atoms with Gasteiger partial charge in [0.05, 0.1) is 17.0 Å². The Labute approximate surface area is 186 Å². The molecule has 2 aliphatic rings. The number of ether oxygens (including phenoxy) is 1. The van der Waals surface area contributed by atoms with Gasteiger partial charge in [-0.3, -0.25) is 9.69 Å². The van der Waals surface area contributed by atoms with Gasteiger partial charge in [-0.2, -0.15) is 5.26 Å². The third-order valence-corrected chi connectivity index (χ3v) is 6.87. The molecular formula is C26H26FN3O2. The Morgan fingerprint density at radius 3 is 2.59 bits per heavy atom. The van der Waals surface area contributed by atoms with Gasteiger partial charge in [0.25, 0.3) is 5.56 Å². The highest BCUT2D eigenvalue weighted by molar-refractivity contribution is 5.82. The van der Waals surface area contributed by atoms with Gasteiger partial charge in [0.2, 0.25) is 0 Å². The Morgan fingerprint density at radius 1 is 1.12 bits per heavy atom. The Kier molecular flexibility index (Phi) is 5.67. The first kappa shape index (κ1) is 20.7. The highest BCUT2D eigenvalue weighted by Crippen LogP contribution is 2.37. The zero-order valence-electron chi connectivity index (χ0n) is 17.9. The quantitative estimate of drug-likeness (QED) is 0.622. The molecule has 2 unspecified atom stereocenters. The van der Waals surface area contributed by atoms with E-state index in [2.05, 4.69) is 16.0 Å². The van der Waals surface area contributed by atoms with Crippen molar-refractivity contribution in [1.29, 1.82) is 5.26 Å². The van der Waals surface area contributed by atoms with Crippen LogP contribution in [-0.2, 0) is 6.42 Å². The number of nitrogens with zero attached hydrogens (tertiary/aromatic N) is 2. The molecule has 0 amide bonds. The molecule has 1 aromatic heterocycles. The number of pyridine rings is 1. The number of hydrogen-bond donors (Lipinski definition) is 1. The molecule has 6 heteroatoms. The maximum absolute atomic E-state index is 13.9. The second-order valence-corrected chi connectivity index (χ2v) is 8.90. The van der Waals surface area contributed by atoms with Crippen molar-refractivity contribution in [3.05, 3.63) is 76.0 Å². The summed E-state index contributed by atoms with van der Waals surface area (Å²) in [4.78, 5) is 17.7. The molecular weight excluding hydrogens is 405 g/mol. The number of rotatable bonds is 6. The van der Waals surface area contributed by atoms with Gasteiger partial charge in [0.1, 0.15) is 17.7 Å². The van der Waals surface area contributed by atoms with Gasteiger partial charge in [0.15, 0.2) is 0 Å². The topological polar surface area (TPSA) is 69.1 Å². The van der Waals surface area contributed by atoms with Gasteiger partial charge >= 0.3 is 0 Å². The summed E-state index contributed by atoms with van der Waals surface area (Å²) in [7, 11) is 0. The summed E-state index contributed by atoms with van der Waals surface area (Å²) in [6.07, 6.45) is 6.36. The van der Waals surface area contributed by atoms with Crippen LogP contribution in [0.2, 0.25) is 0 Å². The number of benzene rings is 2. The summed E-state index contributed by atoms with van der Waals surface area (Å²) < 4.78 is 20.1. The van der Waals surface area contributed by atoms with Crippen molar-refractivity contribution in [3.63, 3.8) is 0 Å². The standard InChI is InChI=1S/C26H26FN3O2/c27-24-5-1-3-18-13-19(29-26(31)25(18)24)4-2-12-30-20-8-9-21(30)15-23(14-20)32-22-10-6-17(16-28)7-11-22/h1,3,5-7,10-11,13,20-21,23H,2,4,8-9,12,14-15H2,(H,29,31). The number of aromatic nitrogens is 1. The number of halogens is 1. The molecule has 0 aliphatic carbocycles. The van der Waals surface area contributed by atoms with Gasteiger partial charge in [0, 0.05) is 17.8 Å². The molecule has 164 valence electrons. The average Bonchev–Trinajstić information content (AvgIpc) is 3.02. The number of H-pyrrole nitrogens is 1. The van der Waals surface area contributed by atoms with E-state index in [0.29, 0.717) is 23.0 Å². The average molecular weight is 432 g/mol. The summed E-state index contributed by atoms with van der Waals surface area (Å²) in [6, 6.07) is 17.2. The van der Waals surface area contributed by atoms with E-state index in [-0.39, 0.29) is 17.0 Å². The molecule has 32 heavy (non-hydrogen) atoms. The van der Waals surface area contributed by atoms with Gasteiger partial charge in [-0.15, -0.1) is 0 Å². The molecule has 5 rings (SSSR count). The molecule has 2 bridgehead atoms. The first-order valence-corrected chi connectivity index (χ1v) is 11.3. The summed E-state index contributed by atoms with van der Waals surface area (Å²) in [5, 5.41) is 9.74. The van der Waals surface area contributed by atoms with Crippen molar-refractivity contribution in [2.75, 3.05) is 6.54 Å². The van der Waals surface area contributed by atoms with Crippen LogP contribution in [0, 0.1) is 17.1 Å².